The number of amides is 1. The SMILES string of the molecule is COc1ccc(C(=O)Nc2ccc(Cl)cc2C)cc1COc1ccccc1OC. The molecule has 0 aliphatic rings. The summed E-state index contributed by atoms with van der Waals surface area (Å²) < 4.78 is 16.6. The molecular weight excluding hydrogens is 390 g/mol. The van der Waals surface area contributed by atoms with Crippen LogP contribution in [-0.2, 0) is 6.61 Å². The van der Waals surface area contributed by atoms with Crippen LogP contribution in [0.2, 0.25) is 5.02 Å². The molecular formula is C23H22ClNO4. The molecule has 150 valence electrons. The maximum atomic E-state index is 12.7. The number of ether oxygens (including phenoxy) is 3. The monoisotopic (exact) mass is 411 g/mol. The number of methoxy groups -OCH3 is 2. The summed E-state index contributed by atoms with van der Waals surface area (Å²) in [6.07, 6.45) is 0. The first-order valence-corrected chi connectivity index (χ1v) is 9.40. The second kappa shape index (κ2) is 9.34. The molecule has 0 fully saturated rings. The van der Waals surface area contributed by atoms with Gasteiger partial charge in [0.25, 0.3) is 5.91 Å². The summed E-state index contributed by atoms with van der Waals surface area (Å²) in [6.45, 7) is 2.12. The highest BCUT2D eigenvalue weighted by atomic mass is 35.5. The van der Waals surface area contributed by atoms with Crippen molar-refractivity contribution in [3.63, 3.8) is 0 Å². The zero-order chi connectivity index (χ0) is 20.8. The maximum Gasteiger partial charge on any atom is 0.255 e. The first-order chi connectivity index (χ1) is 14.0. The summed E-state index contributed by atoms with van der Waals surface area (Å²) in [5, 5.41) is 3.54. The van der Waals surface area contributed by atoms with E-state index in [9.17, 15) is 4.79 Å². The van der Waals surface area contributed by atoms with Crippen molar-refractivity contribution in [2.24, 2.45) is 0 Å². The van der Waals surface area contributed by atoms with Crippen LogP contribution < -0.4 is 19.5 Å². The largest absolute Gasteiger partial charge is 0.496 e. The van der Waals surface area contributed by atoms with Crippen molar-refractivity contribution in [1.29, 1.82) is 0 Å². The van der Waals surface area contributed by atoms with E-state index in [4.69, 9.17) is 25.8 Å². The fraction of sp³-hybridized carbons (Fsp3) is 0.174. The summed E-state index contributed by atoms with van der Waals surface area (Å²) in [7, 11) is 3.17. The fourth-order valence-corrected chi connectivity index (χ4v) is 3.11. The van der Waals surface area contributed by atoms with Crippen LogP contribution in [-0.4, -0.2) is 20.1 Å². The van der Waals surface area contributed by atoms with E-state index in [1.807, 2.05) is 31.2 Å². The van der Waals surface area contributed by atoms with Gasteiger partial charge in [0, 0.05) is 21.8 Å². The van der Waals surface area contributed by atoms with Crippen molar-refractivity contribution in [3.8, 4) is 17.2 Å². The zero-order valence-corrected chi connectivity index (χ0v) is 17.2. The molecule has 0 unspecified atom stereocenters. The van der Waals surface area contributed by atoms with Gasteiger partial charge in [-0.15, -0.1) is 0 Å². The number of hydrogen-bond donors (Lipinski definition) is 1. The first-order valence-electron chi connectivity index (χ1n) is 9.02. The van der Waals surface area contributed by atoms with E-state index in [2.05, 4.69) is 5.32 Å². The standard InChI is InChI=1S/C23H22ClNO4/c1-15-12-18(24)9-10-19(15)25-23(26)16-8-11-20(27-2)17(13-16)14-29-22-7-5-4-6-21(22)28-3/h4-13H,14H2,1-3H3,(H,25,26). The van der Waals surface area contributed by atoms with Crippen molar-refractivity contribution in [2.45, 2.75) is 13.5 Å². The van der Waals surface area contributed by atoms with Gasteiger partial charge < -0.3 is 19.5 Å². The predicted molar refractivity (Wildman–Crippen MR) is 114 cm³/mol. The Bertz CT molecular complexity index is 1020. The normalized spacial score (nSPS) is 10.3. The van der Waals surface area contributed by atoms with Crippen molar-refractivity contribution in [1.82, 2.24) is 0 Å². The van der Waals surface area contributed by atoms with Crippen molar-refractivity contribution >= 4 is 23.2 Å². The Morgan fingerprint density at radius 2 is 1.66 bits per heavy atom. The molecule has 1 N–H and O–H groups in total. The number of anilines is 1. The minimum atomic E-state index is -0.225. The lowest BCUT2D eigenvalue weighted by Crippen LogP contribution is -2.13. The number of para-hydroxylation sites is 2. The first kappa shape index (κ1) is 20.6. The van der Waals surface area contributed by atoms with Crippen LogP contribution in [0.5, 0.6) is 17.2 Å². The molecule has 3 aromatic rings. The van der Waals surface area contributed by atoms with E-state index < -0.39 is 0 Å². The van der Waals surface area contributed by atoms with Gasteiger partial charge in [-0.05, 0) is 61.0 Å². The van der Waals surface area contributed by atoms with E-state index >= 15 is 0 Å². The highest BCUT2D eigenvalue weighted by molar-refractivity contribution is 6.30. The third-order valence-corrected chi connectivity index (χ3v) is 4.67. The van der Waals surface area contributed by atoms with Crippen LogP contribution >= 0.6 is 11.6 Å². The van der Waals surface area contributed by atoms with Crippen LogP contribution in [0.25, 0.3) is 0 Å². The lowest BCUT2D eigenvalue weighted by molar-refractivity contribution is 0.102. The molecule has 0 radical (unpaired) electrons. The van der Waals surface area contributed by atoms with Crippen LogP contribution in [0.15, 0.2) is 60.7 Å². The fourth-order valence-electron chi connectivity index (χ4n) is 2.89. The van der Waals surface area contributed by atoms with E-state index in [0.29, 0.717) is 33.5 Å². The van der Waals surface area contributed by atoms with Crippen molar-refractivity contribution in [3.05, 3.63) is 82.4 Å². The van der Waals surface area contributed by atoms with Gasteiger partial charge in [0.2, 0.25) is 0 Å². The highest BCUT2D eigenvalue weighted by Crippen LogP contribution is 2.29. The third-order valence-electron chi connectivity index (χ3n) is 4.43. The molecule has 6 heteroatoms. The summed E-state index contributed by atoms with van der Waals surface area (Å²) in [6, 6.07) is 17.9. The maximum absolute atomic E-state index is 12.7. The number of rotatable bonds is 7. The molecule has 0 bridgehead atoms. The second-order valence-electron chi connectivity index (χ2n) is 6.38. The van der Waals surface area contributed by atoms with Gasteiger partial charge in [-0.2, -0.15) is 0 Å². The molecule has 0 aliphatic heterocycles. The van der Waals surface area contributed by atoms with E-state index in [1.54, 1.807) is 50.6 Å². The number of carbonyl (C=O) groups is 1. The Balaban J connectivity index is 1.79. The lowest BCUT2D eigenvalue weighted by atomic mass is 10.1. The molecule has 0 saturated carbocycles. The molecule has 0 aromatic heterocycles. The van der Waals surface area contributed by atoms with E-state index in [-0.39, 0.29) is 12.5 Å². The smallest absolute Gasteiger partial charge is 0.255 e. The van der Waals surface area contributed by atoms with Crippen LogP contribution in [0, 0.1) is 6.92 Å². The highest BCUT2D eigenvalue weighted by Gasteiger charge is 2.13. The quantitative estimate of drug-likeness (QED) is 0.558. The average Bonchev–Trinajstić information content (AvgIpc) is 2.74. The Hall–Kier alpha value is -3.18. The molecule has 0 atom stereocenters. The molecule has 3 rings (SSSR count). The molecule has 3 aromatic carbocycles. The van der Waals surface area contributed by atoms with Crippen LogP contribution in [0.3, 0.4) is 0 Å². The van der Waals surface area contributed by atoms with Gasteiger partial charge in [-0.1, -0.05) is 23.7 Å². The zero-order valence-electron chi connectivity index (χ0n) is 16.5. The molecule has 0 saturated heterocycles. The van der Waals surface area contributed by atoms with Crippen LogP contribution in [0.1, 0.15) is 21.5 Å². The lowest BCUT2D eigenvalue weighted by Gasteiger charge is -2.14. The number of benzene rings is 3. The van der Waals surface area contributed by atoms with Crippen molar-refractivity contribution < 1.29 is 19.0 Å². The summed E-state index contributed by atoms with van der Waals surface area (Å²) in [5.74, 6) is 1.66. The molecule has 0 aliphatic carbocycles. The Morgan fingerprint density at radius 3 is 2.34 bits per heavy atom. The second-order valence-corrected chi connectivity index (χ2v) is 6.82. The number of carbonyl (C=O) groups excluding carboxylic acids is 1. The predicted octanol–water partition coefficient (Wildman–Crippen LogP) is 5.50. The minimum absolute atomic E-state index is 0.225. The number of nitrogens with one attached hydrogen (secondary N) is 1. The van der Waals surface area contributed by atoms with Gasteiger partial charge in [0.15, 0.2) is 11.5 Å². The Kier molecular flexibility index (Phi) is 6.62. The summed E-state index contributed by atoms with van der Waals surface area (Å²) in [5.41, 5.74) is 2.85. The molecule has 0 spiro atoms. The van der Waals surface area contributed by atoms with Gasteiger partial charge in [-0.3, -0.25) is 4.79 Å². The van der Waals surface area contributed by atoms with Gasteiger partial charge in [-0.25, -0.2) is 0 Å². The average molecular weight is 412 g/mol. The molecule has 1 amide bonds. The molecule has 0 heterocycles. The Morgan fingerprint density at radius 1 is 0.931 bits per heavy atom. The van der Waals surface area contributed by atoms with Crippen molar-refractivity contribution in [2.75, 3.05) is 19.5 Å². The minimum Gasteiger partial charge on any atom is -0.496 e. The number of halogens is 1. The Labute approximate surface area is 175 Å². The van der Waals surface area contributed by atoms with Gasteiger partial charge in [0.05, 0.1) is 14.2 Å². The van der Waals surface area contributed by atoms with Gasteiger partial charge in [0.1, 0.15) is 12.4 Å². The summed E-state index contributed by atoms with van der Waals surface area (Å²) in [4.78, 5) is 12.7. The third kappa shape index (κ3) is 5.00. The number of aryl methyl sites for hydroxylation is 1. The summed E-state index contributed by atoms with van der Waals surface area (Å²) >= 11 is 5.98. The van der Waals surface area contributed by atoms with E-state index in [1.165, 1.54) is 0 Å². The van der Waals surface area contributed by atoms with Gasteiger partial charge >= 0.3 is 0 Å². The topological polar surface area (TPSA) is 56.8 Å². The van der Waals surface area contributed by atoms with Crippen LogP contribution in [0.4, 0.5) is 5.69 Å². The van der Waals surface area contributed by atoms with E-state index in [0.717, 1.165) is 11.1 Å². The molecule has 5 nitrogen and oxygen atoms in total. The number of hydrogen-bond acceptors (Lipinski definition) is 4. The molecule has 29 heavy (non-hydrogen) atoms.